The summed E-state index contributed by atoms with van der Waals surface area (Å²) < 4.78 is 0. The van der Waals surface area contributed by atoms with E-state index in [-0.39, 0.29) is 0 Å². The third-order valence-electron chi connectivity index (χ3n) is 2.28. The molecule has 1 aliphatic heterocycles. The topological polar surface area (TPSA) is 61.4 Å². The molecule has 1 amide bonds. The summed E-state index contributed by atoms with van der Waals surface area (Å²) in [4.78, 5) is 19.0. The Morgan fingerprint density at radius 3 is 2.80 bits per heavy atom. The molecule has 0 spiro atoms. The number of nitrogens with one attached hydrogen (secondary N) is 1. The van der Waals surface area contributed by atoms with Crippen molar-refractivity contribution in [1.82, 2.24) is 20.3 Å². The smallest absolute Gasteiger partial charge is 0.230 e. The van der Waals surface area contributed by atoms with Crippen molar-refractivity contribution in [3.63, 3.8) is 0 Å². The molecule has 6 heteroatoms. The number of carbonyl (C=O) groups is 1. The van der Waals surface area contributed by atoms with Crippen molar-refractivity contribution in [2.75, 3.05) is 31.2 Å². The molecule has 0 aromatic carbocycles. The van der Waals surface area contributed by atoms with Crippen LogP contribution in [0.4, 0.5) is 5.82 Å². The molecule has 2 heterocycles. The van der Waals surface area contributed by atoms with E-state index in [2.05, 4.69) is 15.3 Å². The molecule has 0 radical (unpaired) electrons. The molecule has 80 valence electrons. The van der Waals surface area contributed by atoms with Gasteiger partial charge in [-0.3, -0.25) is 9.78 Å². The van der Waals surface area contributed by atoms with E-state index in [0.29, 0.717) is 5.82 Å². The zero-order chi connectivity index (χ0) is 10.5. The van der Waals surface area contributed by atoms with E-state index in [9.17, 15) is 4.79 Å². The van der Waals surface area contributed by atoms with Crippen LogP contribution in [0.15, 0.2) is 18.6 Å². The van der Waals surface area contributed by atoms with E-state index in [4.69, 9.17) is 0 Å². The minimum absolute atomic E-state index is 0.564. The van der Waals surface area contributed by atoms with Gasteiger partial charge in [-0.1, -0.05) is 0 Å². The predicted molar refractivity (Wildman–Crippen MR) is 55.0 cm³/mol. The number of piperazine rings is 1. The van der Waals surface area contributed by atoms with Crippen LogP contribution in [0.1, 0.15) is 0 Å². The van der Waals surface area contributed by atoms with Crippen LogP contribution in [0.5, 0.6) is 0 Å². The molecule has 15 heavy (non-hydrogen) atoms. The third-order valence-corrected chi connectivity index (χ3v) is 2.28. The zero-order valence-electron chi connectivity index (χ0n) is 8.33. The highest BCUT2D eigenvalue weighted by molar-refractivity contribution is 5.70. The summed E-state index contributed by atoms with van der Waals surface area (Å²) in [6.45, 7) is 3.36. The fourth-order valence-electron chi connectivity index (χ4n) is 1.54. The van der Waals surface area contributed by atoms with Gasteiger partial charge in [0.1, 0.15) is 0 Å². The third kappa shape index (κ3) is 2.28. The van der Waals surface area contributed by atoms with Crippen LogP contribution in [-0.4, -0.2) is 47.6 Å². The van der Waals surface area contributed by atoms with Crippen molar-refractivity contribution >= 4 is 12.2 Å². The largest absolute Gasteiger partial charge is 0.314 e. The van der Waals surface area contributed by atoms with Gasteiger partial charge in [0.15, 0.2) is 5.82 Å². The summed E-state index contributed by atoms with van der Waals surface area (Å²) in [6, 6.07) is 0. The number of anilines is 1. The maximum absolute atomic E-state index is 11.0. The zero-order valence-corrected chi connectivity index (χ0v) is 8.33. The Morgan fingerprint density at radius 2 is 2.20 bits per heavy atom. The molecule has 0 atom stereocenters. The SMILES string of the molecule is O=CN(c1cnccn1)N1CCNCC1. The monoisotopic (exact) mass is 207 g/mol. The molecule has 0 aliphatic carbocycles. The van der Waals surface area contributed by atoms with Gasteiger partial charge in [0.25, 0.3) is 0 Å². The molecule has 2 rings (SSSR count). The lowest BCUT2D eigenvalue weighted by Gasteiger charge is -2.33. The summed E-state index contributed by atoms with van der Waals surface area (Å²) in [6.07, 6.45) is 5.52. The van der Waals surface area contributed by atoms with Crippen molar-refractivity contribution in [3.8, 4) is 0 Å². The normalized spacial score (nSPS) is 17.3. The maximum Gasteiger partial charge on any atom is 0.230 e. The van der Waals surface area contributed by atoms with Crippen LogP contribution in [0.2, 0.25) is 0 Å². The van der Waals surface area contributed by atoms with Crippen molar-refractivity contribution < 1.29 is 4.79 Å². The summed E-state index contributed by atoms with van der Waals surface area (Å²) in [5.41, 5.74) is 0. The second-order valence-electron chi connectivity index (χ2n) is 3.22. The molecule has 1 aromatic rings. The second kappa shape index (κ2) is 4.81. The lowest BCUT2D eigenvalue weighted by Crippen LogP contribution is -2.52. The summed E-state index contributed by atoms with van der Waals surface area (Å²) in [5, 5.41) is 6.68. The number of nitrogens with zero attached hydrogens (tertiary/aromatic N) is 4. The van der Waals surface area contributed by atoms with Crippen molar-refractivity contribution in [3.05, 3.63) is 18.6 Å². The second-order valence-corrected chi connectivity index (χ2v) is 3.22. The Labute approximate surface area is 87.9 Å². The minimum atomic E-state index is 0.564. The van der Waals surface area contributed by atoms with Crippen LogP contribution in [0.25, 0.3) is 0 Å². The van der Waals surface area contributed by atoms with E-state index in [1.807, 2.05) is 5.01 Å². The lowest BCUT2D eigenvalue weighted by atomic mass is 10.4. The molecule has 1 saturated heterocycles. The first-order valence-electron chi connectivity index (χ1n) is 4.88. The van der Waals surface area contributed by atoms with Gasteiger partial charge >= 0.3 is 0 Å². The molecule has 0 saturated carbocycles. The van der Waals surface area contributed by atoms with E-state index in [0.717, 1.165) is 32.6 Å². The van der Waals surface area contributed by atoms with Gasteiger partial charge in [0.05, 0.1) is 6.20 Å². The summed E-state index contributed by atoms with van der Waals surface area (Å²) in [7, 11) is 0. The Bertz CT molecular complexity index is 312. The number of hydrazine groups is 1. The molecular weight excluding hydrogens is 194 g/mol. The number of rotatable bonds is 3. The fourth-order valence-corrected chi connectivity index (χ4v) is 1.54. The highest BCUT2D eigenvalue weighted by atomic mass is 16.1. The van der Waals surface area contributed by atoms with Crippen molar-refractivity contribution in [2.45, 2.75) is 0 Å². The molecule has 1 fully saturated rings. The van der Waals surface area contributed by atoms with Gasteiger partial charge in [0.2, 0.25) is 6.41 Å². The minimum Gasteiger partial charge on any atom is -0.314 e. The molecule has 1 aliphatic rings. The van der Waals surface area contributed by atoms with Gasteiger partial charge in [-0.05, 0) is 0 Å². The van der Waals surface area contributed by atoms with Gasteiger partial charge in [-0.25, -0.2) is 15.0 Å². The first-order chi connectivity index (χ1) is 7.42. The van der Waals surface area contributed by atoms with Crippen molar-refractivity contribution in [2.24, 2.45) is 0 Å². The number of amides is 1. The first kappa shape index (κ1) is 10.0. The molecular formula is C9H13N5O. The predicted octanol–water partition coefficient (Wildman–Crippen LogP) is -0.740. The fraction of sp³-hybridized carbons (Fsp3) is 0.444. The maximum atomic E-state index is 11.0. The standard InChI is InChI=1S/C9H13N5O/c15-8-14(9-7-11-1-2-12-9)13-5-3-10-4-6-13/h1-2,7-8,10H,3-6H2. The highest BCUT2D eigenvalue weighted by Gasteiger charge is 2.18. The Hall–Kier alpha value is -1.53. The van der Waals surface area contributed by atoms with Crippen LogP contribution >= 0.6 is 0 Å². The Balaban J connectivity index is 2.12. The number of aromatic nitrogens is 2. The van der Waals surface area contributed by atoms with E-state index < -0.39 is 0 Å². The van der Waals surface area contributed by atoms with Crippen molar-refractivity contribution in [1.29, 1.82) is 0 Å². The van der Waals surface area contributed by atoms with E-state index in [1.54, 1.807) is 18.6 Å². The molecule has 0 bridgehead atoms. The number of hydrogen-bond donors (Lipinski definition) is 1. The Kier molecular flexibility index (Phi) is 3.21. The van der Waals surface area contributed by atoms with Crippen LogP contribution in [-0.2, 0) is 4.79 Å². The van der Waals surface area contributed by atoms with Crippen LogP contribution in [0.3, 0.4) is 0 Å². The highest BCUT2D eigenvalue weighted by Crippen LogP contribution is 2.09. The first-order valence-corrected chi connectivity index (χ1v) is 4.88. The molecule has 0 unspecified atom stereocenters. The average molecular weight is 207 g/mol. The molecule has 1 aromatic heterocycles. The average Bonchev–Trinajstić information content (AvgIpc) is 2.33. The van der Waals surface area contributed by atoms with Crippen LogP contribution < -0.4 is 10.3 Å². The molecule has 1 N–H and O–H groups in total. The van der Waals surface area contributed by atoms with E-state index >= 15 is 0 Å². The molecule has 6 nitrogen and oxygen atoms in total. The quantitative estimate of drug-likeness (QED) is 0.661. The van der Waals surface area contributed by atoms with Gasteiger partial charge < -0.3 is 5.32 Å². The Morgan fingerprint density at radius 1 is 1.40 bits per heavy atom. The van der Waals surface area contributed by atoms with Gasteiger partial charge in [-0.15, -0.1) is 0 Å². The van der Waals surface area contributed by atoms with Gasteiger partial charge in [0, 0.05) is 38.6 Å². The number of carbonyl (C=O) groups excluding carboxylic acids is 1. The van der Waals surface area contributed by atoms with E-state index in [1.165, 1.54) is 5.01 Å². The van der Waals surface area contributed by atoms with Crippen LogP contribution in [0, 0.1) is 0 Å². The summed E-state index contributed by atoms with van der Waals surface area (Å²) >= 11 is 0. The van der Waals surface area contributed by atoms with Gasteiger partial charge in [-0.2, -0.15) is 0 Å². The summed E-state index contributed by atoms with van der Waals surface area (Å²) in [5.74, 6) is 0.564. The lowest BCUT2D eigenvalue weighted by molar-refractivity contribution is -0.110. The number of hydrogen-bond acceptors (Lipinski definition) is 5.